The van der Waals surface area contributed by atoms with Crippen LogP contribution < -0.4 is 14.8 Å². The summed E-state index contributed by atoms with van der Waals surface area (Å²) in [6.45, 7) is 1.55. The van der Waals surface area contributed by atoms with Crippen molar-refractivity contribution in [1.82, 2.24) is 0 Å². The Morgan fingerprint density at radius 1 is 1.08 bits per heavy atom. The van der Waals surface area contributed by atoms with Crippen molar-refractivity contribution in [2.75, 3.05) is 11.9 Å². The Kier molecular flexibility index (Phi) is 4.65. The Morgan fingerprint density at radius 2 is 1.75 bits per heavy atom. The van der Waals surface area contributed by atoms with Crippen LogP contribution in [0.1, 0.15) is 6.92 Å². The Hall–Kier alpha value is -3.02. The van der Waals surface area contributed by atoms with Crippen LogP contribution in [0.15, 0.2) is 54.6 Å². The zero-order chi connectivity index (χ0) is 16.9. The normalized spacial score (nSPS) is 16.8. The maximum atomic E-state index is 12.2. The van der Waals surface area contributed by atoms with E-state index in [2.05, 4.69) is 5.32 Å². The molecule has 1 aliphatic heterocycles. The second-order valence-corrected chi connectivity index (χ2v) is 5.30. The van der Waals surface area contributed by atoms with E-state index in [9.17, 15) is 9.59 Å². The summed E-state index contributed by atoms with van der Waals surface area (Å²) in [7, 11) is 0. The minimum atomic E-state index is -0.946. The topological polar surface area (TPSA) is 73.9 Å². The molecule has 1 N–H and O–H groups in total. The lowest BCUT2D eigenvalue weighted by Gasteiger charge is -2.25. The summed E-state index contributed by atoms with van der Waals surface area (Å²) < 4.78 is 16.2. The first-order valence-corrected chi connectivity index (χ1v) is 7.58. The maximum absolute atomic E-state index is 12.2. The van der Waals surface area contributed by atoms with Crippen molar-refractivity contribution in [3.63, 3.8) is 0 Å². The first-order valence-electron chi connectivity index (χ1n) is 7.58. The Labute approximate surface area is 139 Å². The van der Waals surface area contributed by atoms with Crippen LogP contribution in [-0.2, 0) is 14.3 Å². The molecule has 0 spiro atoms. The summed E-state index contributed by atoms with van der Waals surface area (Å²) in [4.78, 5) is 24.2. The zero-order valence-corrected chi connectivity index (χ0v) is 13.1. The third-order valence-corrected chi connectivity index (χ3v) is 3.47. The van der Waals surface area contributed by atoms with E-state index in [-0.39, 0.29) is 6.61 Å². The maximum Gasteiger partial charge on any atom is 0.351 e. The van der Waals surface area contributed by atoms with Crippen molar-refractivity contribution < 1.29 is 23.8 Å². The largest absolute Gasteiger partial charge is 0.485 e. The smallest absolute Gasteiger partial charge is 0.351 e. The molecule has 1 heterocycles. The summed E-state index contributed by atoms with van der Waals surface area (Å²) in [5.74, 6) is 0.00963. The first kappa shape index (κ1) is 15.9. The molecule has 0 aliphatic carbocycles. The van der Waals surface area contributed by atoms with Crippen LogP contribution in [0, 0.1) is 0 Å². The number of fused-ring (bicyclic) bond motifs is 1. The van der Waals surface area contributed by atoms with Crippen LogP contribution in [0.4, 0.5) is 5.69 Å². The van der Waals surface area contributed by atoms with Gasteiger partial charge in [0.2, 0.25) is 6.10 Å². The average Bonchev–Trinajstić information content (AvgIpc) is 2.62. The van der Waals surface area contributed by atoms with Gasteiger partial charge >= 0.3 is 5.97 Å². The number of ether oxygens (including phenoxy) is 3. The van der Waals surface area contributed by atoms with Crippen molar-refractivity contribution in [3.8, 4) is 11.5 Å². The number of carbonyl (C=O) groups excluding carboxylic acids is 2. The van der Waals surface area contributed by atoms with Crippen molar-refractivity contribution in [2.24, 2.45) is 0 Å². The summed E-state index contributed by atoms with van der Waals surface area (Å²) >= 11 is 0. The Bertz CT molecular complexity index is 731. The van der Waals surface area contributed by atoms with Gasteiger partial charge in [-0.1, -0.05) is 30.3 Å². The van der Waals surface area contributed by atoms with Crippen LogP contribution in [0.2, 0.25) is 0 Å². The highest BCUT2D eigenvalue weighted by molar-refractivity contribution is 5.95. The number of para-hydroxylation sites is 3. The lowest BCUT2D eigenvalue weighted by atomic mass is 10.2. The monoisotopic (exact) mass is 327 g/mol. The summed E-state index contributed by atoms with van der Waals surface area (Å²) in [6.07, 6.45) is -1.84. The number of hydrogen-bond acceptors (Lipinski definition) is 5. The van der Waals surface area contributed by atoms with E-state index in [1.807, 2.05) is 12.1 Å². The molecule has 2 aromatic rings. The van der Waals surface area contributed by atoms with Crippen molar-refractivity contribution in [1.29, 1.82) is 0 Å². The molecule has 2 unspecified atom stereocenters. The standard InChI is InChI=1S/C18H17NO5/c1-12(17(20)19-13-7-3-2-4-8-13)23-18(21)16-11-22-14-9-5-6-10-15(14)24-16/h2-10,12,16H,11H2,1H3,(H,19,20). The fourth-order valence-electron chi connectivity index (χ4n) is 2.20. The van der Waals surface area contributed by atoms with Crippen LogP contribution in [0.5, 0.6) is 11.5 Å². The molecule has 6 heteroatoms. The van der Waals surface area contributed by atoms with Crippen LogP contribution in [0.3, 0.4) is 0 Å². The number of hydrogen-bond donors (Lipinski definition) is 1. The highest BCUT2D eigenvalue weighted by atomic mass is 16.6. The molecule has 3 rings (SSSR count). The summed E-state index contributed by atoms with van der Waals surface area (Å²) in [5, 5.41) is 2.68. The molecular weight excluding hydrogens is 310 g/mol. The molecule has 0 aromatic heterocycles. The van der Waals surface area contributed by atoms with Crippen molar-refractivity contribution in [2.45, 2.75) is 19.1 Å². The highest BCUT2D eigenvalue weighted by Gasteiger charge is 2.31. The van der Waals surface area contributed by atoms with Gasteiger partial charge in [0.1, 0.15) is 6.61 Å². The van der Waals surface area contributed by atoms with Crippen LogP contribution in [-0.4, -0.2) is 30.7 Å². The van der Waals surface area contributed by atoms with Gasteiger partial charge in [0.15, 0.2) is 17.6 Å². The lowest BCUT2D eigenvalue weighted by Crippen LogP contribution is -2.41. The number of rotatable bonds is 4. The molecule has 0 saturated carbocycles. The fraction of sp³-hybridized carbons (Fsp3) is 0.222. The van der Waals surface area contributed by atoms with Gasteiger partial charge in [0, 0.05) is 5.69 Å². The molecule has 2 aromatic carbocycles. The quantitative estimate of drug-likeness (QED) is 0.873. The second kappa shape index (κ2) is 7.04. The number of carbonyl (C=O) groups is 2. The zero-order valence-electron chi connectivity index (χ0n) is 13.1. The molecule has 0 bridgehead atoms. The minimum Gasteiger partial charge on any atom is -0.485 e. The summed E-state index contributed by atoms with van der Waals surface area (Å²) in [5.41, 5.74) is 0.636. The predicted molar refractivity (Wildman–Crippen MR) is 87.0 cm³/mol. The predicted octanol–water partition coefficient (Wildman–Crippen LogP) is 2.40. The molecule has 0 fully saturated rings. The van der Waals surface area contributed by atoms with E-state index in [0.29, 0.717) is 17.2 Å². The molecule has 0 saturated heterocycles. The average molecular weight is 327 g/mol. The Balaban J connectivity index is 1.56. The van der Waals surface area contributed by atoms with Gasteiger partial charge in [-0.25, -0.2) is 4.79 Å². The van der Waals surface area contributed by atoms with Crippen molar-refractivity contribution in [3.05, 3.63) is 54.6 Å². The van der Waals surface area contributed by atoms with Gasteiger partial charge in [-0.05, 0) is 31.2 Å². The van der Waals surface area contributed by atoms with E-state index < -0.39 is 24.1 Å². The Morgan fingerprint density at radius 3 is 2.50 bits per heavy atom. The molecule has 6 nitrogen and oxygen atoms in total. The highest BCUT2D eigenvalue weighted by Crippen LogP contribution is 2.31. The van der Waals surface area contributed by atoms with Gasteiger partial charge in [-0.3, -0.25) is 4.79 Å². The van der Waals surface area contributed by atoms with E-state index in [1.54, 1.807) is 42.5 Å². The molecule has 24 heavy (non-hydrogen) atoms. The van der Waals surface area contributed by atoms with Gasteiger partial charge in [-0.2, -0.15) is 0 Å². The second-order valence-electron chi connectivity index (χ2n) is 5.30. The number of amides is 1. The lowest BCUT2D eigenvalue weighted by molar-refractivity contribution is -0.162. The summed E-state index contributed by atoms with van der Waals surface area (Å²) in [6, 6.07) is 16.0. The molecule has 1 amide bonds. The number of nitrogens with one attached hydrogen (secondary N) is 1. The van der Waals surface area contributed by atoms with Crippen LogP contribution >= 0.6 is 0 Å². The number of anilines is 1. The fourth-order valence-corrected chi connectivity index (χ4v) is 2.20. The van der Waals surface area contributed by atoms with Gasteiger partial charge in [0.05, 0.1) is 0 Å². The third-order valence-electron chi connectivity index (χ3n) is 3.47. The molecule has 2 atom stereocenters. The SMILES string of the molecule is CC(OC(=O)C1COc2ccccc2O1)C(=O)Nc1ccccc1. The molecule has 1 aliphatic rings. The number of benzene rings is 2. The number of esters is 1. The van der Waals surface area contributed by atoms with E-state index >= 15 is 0 Å². The van der Waals surface area contributed by atoms with Gasteiger partial charge < -0.3 is 19.5 Å². The van der Waals surface area contributed by atoms with E-state index in [1.165, 1.54) is 6.92 Å². The minimum absolute atomic E-state index is 0.0445. The third kappa shape index (κ3) is 3.65. The van der Waals surface area contributed by atoms with Gasteiger partial charge in [0.25, 0.3) is 5.91 Å². The van der Waals surface area contributed by atoms with Crippen molar-refractivity contribution >= 4 is 17.6 Å². The van der Waals surface area contributed by atoms with E-state index in [4.69, 9.17) is 14.2 Å². The molecule has 0 radical (unpaired) electrons. The first-order chi connectivity index (χ1) is 11.6. The van der Waals surface area contributed by atoms with Gasteiger partial charge in [-0.15, -0.1) is 0 Å². The molecule has 124 valence electrons. The van der Waals surface area contributed by atoms with E-state index in [0.717, 1.165) is 0 Å². The molecular formula is C18H17NO5. The van der Waals surface area contributed by atoms with Crippen LogP contribution in [0.25, 0.3) is 0 Å².